The number of hydrogen-bond acceptors (Lipinski definition) is 5. The quantitative estimate of drug-likeness (QED) is 0.486. The highest BCUT2D eigenvalue weighted by Crippen LogP contribution is 2.59. The molecule has 0 spiro atoms. The fourth-order valence-corrected chi connectivity index (χ4v) is 6.31. The van der Waals surface area contributed by atoms with Crippen molar-refractivity contribution in [2.75, 3.05) is 11.9 Å². The van der Waals surface area contributed by atoms with Crippen molar-refractivity contribution >= 4 is 34.7 Å². The Morgan fingerprint density at radius 1 is 1.26 bits per heavy atom. The first-order valence-corrected chi connectivity index (χ1v) is 13.3. The average molecular weight is 545 g/mol. The van der Waals surface area contributed by atoms with Crippen molar-refractivity contribution in [3.8, 4) is 17.3 Å². The van der Waals surface area contributed by atoms with E-state index >= 15 is 0 Å². The third kappa shape index (κ3) is 4.02. The Labute approximate surface area is 230 Å². The fourth-order valence-electron chi connectivity index (χ4n) is 6.16. The Morgan fingerprint density at radius 3 is 2.85 bits per heavy atom. The second kappa shape index (κ2) is 9.31. The zero-order chi connectivity index (χ0) is 27.5. The maximum Gasteiger partial charge on any atom is 0.247 e. The molecule has 3 aliphatic rings. The Balaban J connectivity index is 1.43. The number of nitriles is 1. The summed E-state index contributed by atoms with van der Waals surface area (Å²) in [7, 11) is 1.82. The van der Waals surface area contributed by atoms with Gasteiger partial charge in [0.25, 0.3) is 0 Å². The van der Waals surface area contributed by atoms with Gasteiger partial charge < -0.3 is 10.2 Å². The molecule has 2 unspecified atom stereocenters. The molecule has 3 atom stereocenters. The van der Waals surface area contributed by atoms with Gasteiger partial charge in [-0.1, -0.05) is 18.5 Å². The van der Waals surface area contributed by atoms with Crippen LogP contribution in [0.1, 0.15) is 49.4 Å². The van der Waals surface area contributed by atoms with Gasteiger partial charge in [-0.05, 0) is 61.4 Å². The van der Waals surface area contributed by atoms with Gasteiger partial charge in [-0.3, -0.25) is 19.3 Å². The van der Waals surface area contributed by atoms with E-state index in [0.717, 1.165) is 29.8 Å². The standard InChI is InChI=1S/C29H26ClFN6O2/c1-16-3-5-20-13-29(20,23-11-18(7-9-33-23)27-22(35-28(16)39)15-34-36(27)2)37-10-8-17(12-24(37)38)25-19(14-32)4-6-21(30)26(25)31/h4,6-7,9,11-12,15-16,20H,3,5,8,10,13H2,1-2H3,(H,35,39)/t16-,20?,29?/m1/s1. The summed E-state index contributed by atoms with van der Waals surface area (Å²) in [6.07, 6.45) is 7.31. The first-order chi connectivity index (χ1) is 18.7. The Kier molecular flexibility index (Phi) is 6.03. The number of fused-ring (bicyclic) bond motifs is 6. The molecule has 0 saturated heterocycles. The smallest absolute Gasteiger partial charge is 0.247 e. The van der Waals surface area contributed by atoms with E-state index in [2.05, 4.69) is 10.4 Å². The van der Waals surface area contributed by atoms with Crippen molar-refractivity contribution in [2.24, 2.45) is 18.9 Å². The number of benzene rings is 1. The lowest BCUT2D eigenvalue weighted by molar-refractivity contribution is -0.130. The van der Waals surface area contributed by atoms with Crippen molar-refractivity contribution in [3.63, 3.8) is 0 Å². The summed E-state index contributed by atoms with van der Waals surface area (Å²) in [4.78, 5) is 33.2. The number of aryl methyl sites for hydroxylation is 1. The molecule has 2 aromatic heterocycles. The lowest BCUT2D eigenvalue weighted by atomic mass is 9.91. The van der Waals surface area contributed by atoms with Gasteiger partial charge >= 0.3 is 0 Å². The summed E-state index contributed by atoms with van der Waals surface area (Å²) in [5, 5.41) is 16.8. The molecule has 2 amide bonds. The second-order valence-electron chi connectivity index (χ2n) is 10.6. The molecular formula is C29H26ClFN6O2. The van der Waals surface area contributed by atoms with E-state index in [4.69, 9.17) is 16.6 Å². The molecule has 1 fully saturated rings. The summed E-state index contributed by atoms with van der Waals surface area (Å²) in [5.41, 5.74) is 3.08. The SMILES string of the molecule is C[C@@H]1CCC2CC2(N2CCC(c3c(C#N)ccc(Cl)c3F)=CC2=O)c2cc(ccn2)-c2c(cnn2C)NC1=O. The van der Waals surface area contributed by atoms with Gasteiger partial charge in [-0.2, -0.15) is 10.4 Å². The molecule has 10 heteroatoms. The van der Waals surface area contributed by atoms with Crippen molar-refractivity contribution in [1.29, 1.82) is 5.26 Å². The third-order valence-corrected chi connectivity index (χ3v) is 8.62. The van der Waals surface area contributed by atoms with Crippen molar-refractivity contribution in [3.05, 3.63) is 70.4 Å². The normalized spacial score (nSPS) is 24.4. The first kappa shape index (κ1) is 25.3. The molecule has 1 saturated carbocycles. The maximum absolute atomic E-state index is 15.0. The summed E-state index contributed by atoms with van der Waals surface area (Å²) < 4.78 is 16.7. The predicted molar refractivity (Wildman–Crippen MR) is 144 cm³/mol. The van der Waals surface area contributed by atoms with E-state index in [1.807, 2.05) is 37.1 Å². The van der Waals surface area contributed by atoms with E-state index < -0.39 is 11.4 Å². The number of halogens is 2. The number of carbonyl (C=O) groups excluding carboxylic acids is 2. The monoisotopic (exact) mass is 544 g/mol. The van der Waals surface area contributed by atoms with Crippen LogP contribution in [0.15, 0.2) is 42.7 Å². The van der Waals surface area contributed by atoms with Gasteiger partial charge in [0.05, 0.1) is 45.5 Å². The lowest BCUT2D eigenvalue weighted by Crippen LogP contribution is -2.44. The highest BCUT2D eigenvalue weighted by molar-refractivity contribution is 6.31. The fraction of sp³-hybridized carbons (Fsp3) is 0.345. The molecular weight excluding hydrogens is 519 g/mol. The number of hydrogen-bond donors (Lipinski definition) is 1. The number of amides is 2. The summed E-state index contributed by atoms with van der Waals surface area (Å²) >= 11 is 6.01. The molecule has 1 aromatic carbocycles. The van der Waals surface area contributed by atoms with E-state index in [0.29, 0.717) is 30.6 Å². The second-order valence-corrected chi connectivity index (χ2v) is 11.0. The topological polar surface area (TPSA) is 104 Å². The first-order valence-electron chi connectivity index (χ1n) is 12.9. The number of rotatable bonds is 2. The summed E-state index contributed by atoms with van der Waals surface area (Å²) in [6, 6.07) is 8.69. The molecule has 2 aliphatic heterocycles. The van der Waals surface area contributed by atoms with Gasteiger partial charge in [0, 0.05) is 42.9 Å². The highest BCUT2D eigenvalue weighted by atomic mass is 35.5. The molecule has 1 N–H and O–H groups in total. The third-order valence-electron chi connectivity index (χ3n) is 8.33. The molecule has 8 nitrogen and oxygen atoms in total. The van der Waals surface area contributed by atoms with Gasteiger partial charge in [0.1, 0.15) is 0 Å². The van der Waals surface area contributed by atoms with Crippen LogP contribution in [0, 0.1) is 29.0 Å². The van der Waals surface area contributed by atoms with Gasteiger partial charge in [-0.25, -0.2) is 4.39 Å². The molecule has 2 bridgehead atoms. The zero-order valence-electron chi connectivity index (χ0n) is 21.5. The number of anilines is 1. The minimum absolute atomic E-state index is 0.0659. The number of aromatic nitrogens is 3. The van der Waals surface area contributed by atoms with Crippen LogP contribution in [-0.2, 0) is 22.2 Å². The minimum atomic E-state index is -0.690. The van der Waals surface area contributed by atoms with Crippen LogP contribution < -0.4 is 5.32 Å². The molecule has 6 rings (SSSR count). The van der Waals surface area contributed by atoms with Crippen LogP contribution in [0.25, 0.3) is 16.8 Å². The molecule has 0 radical (unpaired) electrons. The van der Waals surface area contributed by atoms with Crippen LogP contribution in [-0.4, -0.2) is 38.0 Å². The maximum atomic E-state index is 15.0. The van der Waals surface area contributed by atoms with E-state index in [1.54, 1.807) is 17.1 Å². The van der Waals surface area contributed by atoms with E-state index in [-0.39, 0.29) is 39.8 Å². The van der Waals surface area contributed by atoms with Gasteiger partial charge in [-0.15, -0.1) is 0 Å². The van der Waals surface area contributed by atoms with E-state index in [1.165, 1.54) is 18.2 Å². The van der Waals surface area contributed by atoms with Crippen LogP contribution >= 0.6 is 11.6 Å². The number of nitrogens with zero attached hydrogens (tertiary/aromatic N) is 5. The number of nitrogens with one attached hydrogen (secondary N) is 1. The van der Waals surface area contributed by atoms with Gasteiger partial charge in [0.2, 0.25) is 11.8 Å². The van der Waals surface area contributed by atoms with Crippen LogP contribution in [0.5, 0.6) is 0 Å². The average Bonchev–Trinajstić information content (AvgIpc) is 3.55. The van der Waals surface area contributed by atoms with Crippen molar-refractivity contribution in [2.45, 2.75) is 38.1 Å². The predicted octanol–water partition coefficient (Wildman–Crippen LogP) is 5.05. The Hall–Kier alpha value is -4.03. The zero-order valence-corrected chi connectivity index (χ0v) is 22.3. The Bertz CT molecular complexity index is 1610. The largest absolute Gasteiger partial charge is 0.327 e. The van der Waals surface area contributed by atoms with Crippen LogP contribution in [0.3, 0.4) is 0 Å². The highest BCUT2D eigenvalue weighted by Gasteiger charge is 2.61. The van der Waals surface area contributed by atoms with Crippen molar-refractivity contribution in [1.82, 2.24) is 19.7 Å². The van der Waals surface area contributed by atoms with E-state index in [9.17, 15) is 19.2 Å². The number of pyridine rings is 1. The minimum Gasteiger partial charge on any atom is -0.327 e. The molecule has 39 heavy (non-hydrogen) atoms. The molecule has 198 valence electrons. The Morgan fingerprint density at radius 2 is 2.08 bits per heavy atom. The molecule has 4 heterocycles. The van der Waals surface area contributed by atoms with Crippen molar-refractivity contribution < 1.29 is 14.0 Å². The number of carbonyl (C=O) groups is 2. The lowest BCUT2D eigenvalue weighted by Gasteiger charge is -2.36. The summed E-state index contributed by atoms with van der Waals surface area (Å²) in [5.74, 6) is -1.11. The molecule has 3 aromatic rings. The summed E-state index contributed by atoms with van der Waals surface area (Å²) in [6.45, 7) is 2.25. The van der Waals surface area contributed by atoms with Gasteiger partial charge in [0.15, 0.2) is 5.82 Å². The van der Waals surface area contributed by atoms with Crippen LogP contribution in [0.2, 0.25) is 5.02 Å². The van der Waals surface area contributed by atoms with Crippen LogP contribution in [0.4, 0.5) is 10.1 Å². The molecule has 1 aliphatic carbocycles.